The molecular weight excluding hydrogens is 332 g/mol. The molecule has 2 aliphatic rings. The maximum absolute atomic E-state index is 12.2. The molecule has 0 unspecified atom stereocenters. The van der Waals surface area contributed by atoms with Crippen molar-refractivity contribution < 1.29 is 28.7 Å². The molecule has 2 aliphatic heterocycles. The Bertz CT molecular complexity index is 711. The van der Waals surface area contributed by atoms with Gasteiger partial charge in [-0.25, -0.2) is 4.79 Å². The number of nitrogens with zero attached hydrogens (tertiary/aromatic N) is 2. The number of fused-ring (bicyclic) bond motifs is 1. The Hall–Kier alpha value is -2.84. The Kier molecular flexibility index (Phi) is 4.73. The van der Waals surface area contributed by atoms with E-state index >= 15 is 0 Å². The van der Waals surface area contributed by atoms with E-state index in [2.05, 4.69) is 6.92 Å². The van der Waals surface area contributed by atoms with E-state index in [-0.39, 0.29) is 29.8 Å². The lowest BCUT2D eigenvalue weighted by molar-refractivity contribution is -0.385. The maximum Gasteiger partial charge on any atom is 0.345 e. The van der Waals surface area contributed by atoms with Gasteiger partial charge in [0.2, 0.25) is 6.79 Å². The minimum absolute atomic E-state index is 0.0726. The molecule has 25 heavy (non-hydrogen) atoms. The maximum atomic E-state index is 12.2. The van der Waals surface area contributed by atoms with Crippen molar-refractivity contribution in [2.24, 2.45) is 5.92 Å². The van der Waals surface area contributed by atoms with Gasteiger partial charge in [-0.2, -0.15) is 0 Å². The Morgan fingerprint density at radius 3 is 2.56 bits per heavy atom. The minimum Gasteiger partial charge on any atom is -0.454 e. The van der Waals surface area contributed by atoms with Crippen LogP contribution >= 0.6 is 0 Å². The van der Waals surface area contributed by atoms with Crippen LogP contribution in [-0.2, 0) is 9.53 Å². The predicted octanol–water partition coefficient (Wildman–Crippen LogP) is 1.74. The standard InChI is InChI=1S/C16H18N2O7/c1-10-2-4-17(5-3-10)15(19)8-23-16(20)11-6-13-14(25-9-24-13)7-12(11)18(21)22/h6-7,10H,2-5,8-9H2,1H3. The van der Waals surface area contributed by atoms with Crippen molar-refractivity contribution in [3.63, 3.8) is 0 Å². The molecule has 0 spiro atoms. The molecule has 3 rings (SSSR count). The van der Waals surface area contributed by atoms with Gasteiger partial charge in [0, 0.05) is 19.2 Å². The molecular formula is C16H18N2O7. The molecule has 1 aromatic carbocycles. The first-order valence-electron chi connectivity index (χ1n) is 7.98. The largest absolute Gasteiger partial charge is 0.454 e. The molecule has 0 N–H and O–H groups in total. The summed E-state index contributed by atoms with van der Waals surface area (Å²) in [6.45, 7) is 2.86. The molecule has 2 heterocycles. The second-order valence-electron chi connectivity index (χ2n) is 6.12. The number of esters is 1. The summed E-state index contributed by atoms with van der Waals surface area (Å²) < 4.78 is 15.2. The number of piperidine rings is 1. The van der Waals surface area contributed by atoms with Gasteiger partial charge >= 0.3 is 5.97 Å². The van der Waals surface area contributed by atoms with E-state index in [9.17, 15) is 19.7 Å². The molecule has 1 saturated heterocycles. The molecule has 1 fully saturated rings. The predicted molar refractivity (Wildman–Crippen MR) is 84.5 cm³/mol. The molecule has 1 amide bonds. The Balaban J connectivity index is 1.67. The fourth-order valence-electron chi connectivity index (χ4n) is 2.80. The lowest BCUT2D eigenvalue weighted by atomic mass is 9.99. The van der Waals surface area contributed by atoms with E-state index in [1.165, 1.54) is 6.07 Å². The number of nitro benzene ring substituents is 1. The zero-order valence-electron chi connectivity index (χ0n) is 13.7. The number of carbonyl (C=O) groups is 2. The van der Waals surface area contributed by atoms with E-state index in [0.717, 1.165) is 18.9 Å². The number of likely N-dealkylation sites (tertiary alicyclic amines) is 1. The summed E-state index contributed by atoms with van der Waals surface area (Å²) in [4.78, 5) is 36.4. The van der Waals surface area contributed by atoms with Gasteiger partial charge in [-0.1, -0.05) is 6.92 Å². The molecule has 1 aromatic rings. The van der Waals surface area contributed by atoms with Crippen LogP contribution in [-0.4, -0.2) is 48.2 Å². The second-order valence-corrected chi connectivity index (χ2v) is 6.12. The summed E-state index contributed by atoms with van der Waals surface area (Å²) in [5, 5.41) is 11.2. The molecule has 9 heteroatoms. The summed E-state index contributed by atoms with van der Waals surface area (Å²) in [5.74, 6) is -0.245. The van der Waals surface area contributed by atoms with Crippen molar-refractivity contribution in [2.75, 3.05) is 26.5 Å². The molecule has 0 aromatic heterocycles. The van der Waals surface area contributed by atoms with Crippen LogP contribution < -0.4 is 9.47 Å². The van der Waals surface area contributed by atoms with Gasteiger partial charge in [0.05, 0.1) is 11.0 Å². The first-order valence-corrected chi connectivity index (χ1v) is 7.98. The van der Waals surface area contributed by atoms with Crippen LogP contribution in [0, 0.1) is 16.0 Å². The van der Waals surface area contributed by atoms with Crippen LogP contribution in [0.25, 0.3) is 0 Å². The van der Waals surface area contributed by atoms with Gasteiger partial charge in [-0.05, 0) is 18.8 Å². The highest BCUT2D eigenvalue weighted by Crippen LogP contribution is 2.38. The molecule has 0 radical (unpaired) electrons. The number of benzene rings is 1. The van der Waals surface area contributed by atoms with Crippen LogP contribution in [0.15, 0.2) is 12.1 Å². The van der Waals surface area contributed by atoms with Crippen LogP contribution in [0.4, 0.5) is 5.69 Å². The smallest absolute Gasteiger partial charge is 0.345 e. The van der Waals surface area contributed by atoms with Crippen molar-refractivity contribution in [1.82, 2.24) is 4.90 Å². The quantitative estimate of drug-likeness (QED) is 0.462. The Morgan fingerprint density at radius 2 is 1.92 bits per heavy atom. The average molecular weight is 350 g/mol. The van der Waals surface area contributed by atoms with Gasteiger partial charge in [-0.15, -0.1) is 0 Å². The molecule has 0 aliphatic carbocycles. The average Bonchev–Trinajstić information content (AvgIpc) is 3.06. The highest BCUT2D eigenvalue weighted by molar-refractivity contribution is 5.96. The Labute approximate surface area is 143 Å². The zero-order valence-corrected chi connectivity index (χ0v) is 13.7. The van der Waals surface area contributed by atoms with Gasteiger partial charge in [-0.3, -0.25) is 14.9 Å². The highest BCUT2D eigenvalue weighted by atomic mass is 16.7. The van der Waals surface area contributed by atoms with Crippen molar-refractivity contribution in [2.45, 2.75) is 19.8 Å². The van der Waals surface area contributed by atoms with E-state index in [0.29, 0.717) is 19.0 Å². The topological polar surface area (TPSA) is 108 Å². The number of hydrogen-bond acceptors (Lipinski definition) is 7. The van der Waals surface area contributed by atoms with E-state index in [1.807, 2.05) is 0 Å². The van der Waals surface area contributed by atoms with Gasteiger partial charge in [0.15, 0.2) is 18.1 Å². The fraction of sp³-hybridized carbons (Fsp3) is 0.500. The lowest BCUT2D eigenvalue weighted by Crippen LogP contribution is -2.40. The van der Waals surface area contributed by atoms with Crippen LogP contribution in [0.3, 0.4) is 0 Å². The second kappa shape index (κ2) is 6.96. The van der Waals surface area contributed by atoms with Crippen molar-refractivity contribution in [3.05, 3.63) is 27.8 Å². The molecule has 134 valence electrons. The molecule has 0 saturated carbocycles. The zero-order chi connectivity index (χ0) is 18.0. The van der Waals surface area contributed by atoms with Crippen molar-refractivity contribution in [1.29, 1.82) is 0 Å². The van der Waals surface area contributed by atoms with Crippen LogP contribution in [0.2, 0.25) is 0 Å². The number of amides is 1. The third-order valence-corrected chi connectivity index (χ3v) is 4.37. The third-order valence-electron chi connectivity index (χ3n) is 4.37. The summed E-state index contributed by atoms with van der Waals surface area (Å²) in [6.07, 6.45) is 1.82. The van der Waals surface area contributed by atoms with Crippen LogP contribution in [0.5, 0.6) is 11.5 Å². The lowest BCUT2D eigenvalue weighted by Gasteiger charge is -2.30. The first kappa shape index (κ1) is 17.0. The number of carbonyl (C=O) groups excluding carboxylic acids is 2. The summed E-state index contributed by atoms with van der Waals surface area (Å²) in [5.41, 5.74) is -0.720. The van der Waals surface area contributed by atoms with Crippen molar-refractivity contribution >= 4 is 17.6 Å². The minimum atomic E-state index is -0.941. The van der Waals surface area contributed by atoms with E-state index < -0.39 is 23.2 Å². The number of rotatable bonds is 4. The summed E-state index contributed by atoms with van der Waals surface area (Å²) >= 11 is 0. The third kappa shape index (κ3) is 3.65. The number of ether oxygens (including phenoxy) is 3. The first-order chi connectivity index (χ1) is 12.0. The Morgan fingerprint density at radius 1 is 1.28 bits per heavy atom. The summed E-state index contributed by atoms with van der Waals surface area (Å²) in [7, 11) is 0. The van der Waals surface area contributed by atoms with Crippen LogP contribution in [0.1, 0.15) is 30.1 Å². The molecule has 0 bridgehead atoms. The normalized spacial score (nSPS) is 16.6. The fourth-order valence-corrected chi connectivity index (χ4v) is 2.80. The highest BCUT2D eigenvalue weighted by Gasteiger charge is 2.29. The summed E-state index contributed by atoms with van der Waals surface area (Å²) in [6, 6.07) is 2.32. The van der Waals surface area contributed by atoms with Gasteiger partial charge in [0.25, 0.3) is 11.6 Å². The monoisotopic (exact) mass is 350 g/mol. The molecule has 9 nitrogen and oxygen atoms in total. The van der Waals surface area contributed by atoms with Gasteiger partial charge in [0.1, 0.15) is 5.56 Å². The van der Waals surface area contributed by atoms with E-state index in [4.69, 9.17) is 14.2 Å². The number of hydrogen-bond donors (Lipinski definition) is 0. The van der Waals surface area contributed by atoms with Gasteiger partial charge < -0.3 is 19.1 Å². The SMILES string of the molecule is CC1CCN(C(=O)COC(=O)c2cc3c(cc2[N+](=O)[O-])OCO3)CC1. The number of nitro groups is 1. The molecule has 0 atom stereocenters. The van der Waals surface area contributed by atoms with Crippen molar-refractivity contribution in [3.8, 4) is 11.5 Å². The van der Waals surface area contributed by atoms with E-state index in [1.54, 1.807) is 4.90 Å².